The second kappa shape index (κ2) is 5.61. The van der Waals surface area contributed by atoms with Crippen molar-refractivity contribution in [3.8, 4) is 0 Å². The van der Waals surface area contributed by atoms with Crippen molar-refractivity contribution in [1.82, 2.24) is 4.98 Å². The zero-order valence-corrected chi connectivity index (χ0v) is 13.3. The van der Waals surface area contributed by atoms with Crippen LogP contribution in [0, 0.1) is 11.8 Å². The standard InChI is InChI=1S/C15H24N2OS/c1-9(2)14-13(8-18)19-15(16-14)17-7-10(3)6-11(4)12(17)5/h8-12H,6-7H2,1-5H3. The Morgan fingerprint density at radius 2 is 2.05 bits per heavy atom. The summed E-state index contributed by atoms with van der Waals surface area (Å²) in [5.41, 5.74) is 0.952. The summed E-state index contributed by atoms with van der Waals surface area (Å²) in [6.45, 7) is 12.1. The minimum atomic E-state index is 0.306. The van der Waals surface area contributed by atoms with Crippen LogP contribution in [0.15, 0.2) is 0 Å². The van der Waals surface area contributed by atoms with E-state index < -0.39 is 0 Å². The molecule has 106 valence electrons. The zero-order valence-electron chi connectivity index (χ0n) is 12.5. The fourth-order valence-electron chi connectivity index (χ4n) is 2.92. The number of thiazole rings is 1. The number of nitrogens with zero attached hydrogens (tertiary/aromatic N) is 2. The van der Waals surface area contributed by atoms with Gasteiger partial charge in [-0.25, -0.2) is 4.98 Å². The molecule has 0 radical (unpaired) electrons. The number of aldehydes is 1. The molecule has 2 rings (SSSR count). The van der Waals surface area contributed by atoms with E-state index >= 15 is 0 Å². The van der Waals surface area contributed by atoms with Gasteiger partial charge in [0.05, 0.1) is 10.6 Å². The van der Waals surface area contributed by atoms with Crippen LogP contribution in [0.5, 0.6) is 0 Å². The molecule has 0 aromatic carbocycles. The second-order valence-corrected chi connectivity index (χ2v) is 7.24. The van der Waals surface area contributed by atoms with Crippen LogP contribution in [0.4, 0.5) is 5.13 Å². The van der Waals surface area contributed by atoms with Crippen molar-refractivity contribution in [1.29, 1.82) is 0 Å². The van der Waals surface area contributed by atoms with Crippen LogP contribution < -0.4 is 4.90 Å². The van der Waals surface area contributed by atoms with E-state index in [0.717, 1.165) is 28.5 Å². The highest BCUT2D eigenvalue weighted by atomic mass is 32.1. The predicted molar refractivity (Wildman–Crippen MR) is 81.3 cm³/mol. The maximum atomic E-state index is 11.2. The number of anilines is 1. The lowest BCUT2D eigenvalue weighted by Gasteiger charge is -2.41. The van der Waals surface area contributed by atoms with Gasteiger partial charge in [0.1, 0.15) is 0 Å². The van der Waals surface area contributed by atoms with Gasteiger partial charge in [-0.3, -0.25) is 4.79 Å². The summed E-state index contributed by atoms with van der Waals surface area (Å²) in [6.07, 6.45) is 2.23. The Bertz CT molecular complexity index is 455. The first kappa shape index (κ1) is 14.5. The molecule has 0 N–H and O–H groups in total. The van der Waals surface area contributed by atoms with E-state index in [2.05, 4.69) is 39.5 Å². The van der Waals surface area contributed by atoms with Crippen molar-refractivity contribution < 1.29 is 4.79 Å². The molecule has 0 bridgehead atoms. The third-order valence-electron chi connectivity index (χ3n) is 4.17. The van der Waals surface area contributed by atoms with Crippen LogP contribution in [-0.2, 0) is 0 Å². The van der Waals surface area contributed by atoms with E-state index in [-0.39, 0.29) is 0 Å². The van der Waals surface area contributed by atoms with E-state index in [1.165, 1.54) is 6.42 Å². The van der Waals surface area contributed by atoms with Gasteiger partial charge in [0.2, 0.25) is 0 Å². The van der Waals surface area contributed by atoms with Gasteiger partial charge in [-0.1, -0.05) is 39.0 Å². The number of aromatic nitrogens is 1. The Morgan fingerprint density at radius 1 is 1.37 bits per heavy atom. The highest BCUT2D eigenvalue weighted by molar-refractivity contribution is 7.17. The zero-order chi connectivity index (χ0) is 14.2. The smallest absolute Gasteiger partial charge is 0.186 e. The van der Waals surface area contributed by atoms with Crippen LogP contribution in [0.3, 0.4) is 0 Å². The molecular weight excluding hydrogens is 256 g/mol. The minimum Gasteiger partial charge on any atom is -0.345 e. The lowest BCUT2D eigenvalue weighted by molar-refractivity contribution is 0.112. The number of hydrogen-bond acceptors (Lipinski definition) is 4. The molecule has 0 spiro atoms. The molecule has 0 amide bonds. The summed E-state index contributed by atoms with van der Waals surface area (Å²) in [4.78, 5) is 19.1. The average molecular weight is 280 g/mol. The fourth-order valence-corrected chi connectivity index (χ4v) is 4.05. The molecular formula is C15H24N2OS. The van der Waals surface area contributed by atoms with Crippen molar-refractivity contribution in [2.45, 2.75) is 53.0 Å². The van der Waals surface area contributed by atoms with Gasteiger partial charge >= 0.3 is 0 Å². The molecule has 1 fully saturated rings. The summed E-state index contributed by atoms with van der Waals surface area (Å²) < 4.78 is 0. The maximum Gasteiger partial charge on any atom is 0.186 e. The molecule has 1 aliphatic heterocycles. The lowest BCUT2D eigenvalue weighted by Crippen LogP contribution is -2.45. The normalized spacial score (nSPS) is 27.9. The van der Waals surface area contributed by atoms with E-state index in [4.69, 9.17) is 4.98 Å². The third kappa shape index (κ3) is 2.83. The largest absolute Gasteiger partial charge is 0.345 e. The SMILES string of the molecule is CC1CC(C)C(C)N(c2nc(C(C)C)c(C=O)s2)C1. The van der Waals surface area contributed by atoms with Crippen molar-refractivity contribution >= 4 is 22.8 Å². The Hall–Kier alpha value is -0.900. The van der Waals surface area contributed by atoms with E-state index in [1.54, 1.807) is 11.3 Å². The van der Waals surface area contributed by atoms with Crippen molar-refractivity contribution in [2.75, 3.05) is 11.4 Å². The number of carbonyl (C=O) groups excluding carboxylic acids is 1. The van der Waals surface area contributed by atoms with Crippen molar-refractivity contribution in [3.05, 3.63) is 10.6 Å². The van der Waals surface area contributed by atoms with Crippen LogP contribution in [0.2, 0.25) is 0 Å². The first-order valence-corrected chi connectivity index (χ1v) is 7.98. The fraction of sp³-hybridized carbons (Fsp3) is 0.733. The summed E-state index contributed by atoms with van der Waals surface area (Å²) in [5, 5.41) is 1.02. The van der Waals surface area contributed by atoms with Gasteiger partial charge in [-0.2, -0.15) is 0 Å². The van der Waals surface area contributed by atoms with Gasteiger partial charge in [0.25, 0.3) is 0 Å². The number of rotatable bonds is 3. The topological polar surface area (TPSA) is 33.2 Å². The first-order valence-electron chi connectivity index (χ1n) is 7.16. The van der Waals surface area contributed by atoms with Gasteiger partial charge in [-0.05, 0) is 31.1 Å². The molecule has 2 heterocycles. The van der Waals surface area contributed by atoms with E-state index in [9.17, 15) is 4.79 Å². The Kier molecular flexibility index (Phi) is 4.29. The molecule has 0 saturated carbocycles. The monoisotopic (exact) mass is 280 g/mol. The highest BCUT2D eigenvalue weighted by Gasteiger charge is 2.31. The predicted octanol–water partition coefficient (Wildman–Crippen LogP) is 3.95. The molecule has 4 heteroatoms. The number of piperidine rings is 1. The molecule has 1 aromatic rings. The van der Waals surface area contributed by atoms with E-state index in [0.29, 0.717) is 23.8 Å². The van der Waals surface area contributed by atoms with Gasteiger partial charge < -0.3 is 4.90 Å². The molecule has 3 nitrogen and oxygen atoms in total. The van der Waals surface area contributed by atoms with Gasteiger partial charge in [-0.15, -0.1) is 0 Å². The molecule has 0 aliphatic carbocycles. The quantitative estimate of drug-likeness (QED) is 0.786. The van der Waals surface area contributed by atoms with E-state index in [1.807, 2.05) is 0 Å². The molecule has 3 unspecified atom stereocenters. The van der Waals surface area contributed by atoms with Crippen molar-refractivity contribution in [2.24, 2.45) is 11.8 Å². The minimum absolute atomic E-state index is 0.306. The van der Waals surface area contributed by atoms with Gasteiger partial charge in [0.15, 0.2) is 11.4 Å². The van der Waals surface area contributed by atoms with Crippen LogP contribution in [0.1, 0.15) is 62.3 Å². The molecule has 1 aromatic heterocycles. The summed E-state index contributed by atoms with van der Waals surface area (Å²) >= 11 is 1.55. The van der Waals surface area contributed by atoms with Crippen LogP contribution in [0.25, 0.3) is 0 Å². The average Bonchev–Trinajstić information content (AvgIpc) is 2.77. The highest BCUT2D eigenvalue weighted by Crippen LogP contribution is 2.36. The van der Waals surface area contributed by atoms with Crippen molar-refractivity contribution in [3.63, 3.8) is 0 Å². The summed E-state index contributed by atoms with van der Waals surface area (Å²) in [6, 6.07) is 0.502. The molecule has 1 aliphatic rings. The Balaban J connectivity index is 2.32. The molecule has 19 heavy (non-hydrogen) atoms. The molecule has 3 atom stereocenters. The van der Waals surface area contributed by atoms with Gasteiger partial charge in [0, 0.05) is 12.6 Å². The van der Waals surface area contributed by atoms with Crippen LogP contribution >= 0.6 is 11.3 Å². The summed E-state index contributed by atoms with van der Waals surface area (Å²) in [7, 11) is 0. The first-order chi connectivity index (χ1) is 8.93. The Morgan fingerprint density at radius 3 is 2.58 bits per heavy atom. The van der Waals surface area contributed by atoms with Crippen LogP contribution in [-0.4, -0.2) is 23.9 Å². The number of carbonyl (C=O) groups is 1. The number of hydrogen-bond donors (Lipinski definition) is 0. The lowest BCUT2D eigenvalue weighted by atomic mass is 9.86. The Labute approximate surface area is 120 Å². The summed E-state index contributed by atoms with van der Waals surface area (Å²) in [5.74, 6) is 1.67. The maximum absolute atomic E-state index is 11.2. The second-order valence-electron chi connectivity index (χ2n) is 6.23. The third-order valence-corrected chi connectivity index (χ3v) is 5.20. The molecule has 1 saturated heterocycles.